The summed E-state index contributed by atoms with van der Waals surface area (Å²) in [6.07, 6.45) is 2.67. The molecule has 0 bridgehead atoms. The van der Waals surface area contributed by atoms with Crippen LogP contribution in [0.3, 0.4) is 0 Å². The van der Waals surface area contributed by atoms with Gasteiger partial charge in [-0.3, -0.25) is 4.68 Å². The minimum absolute atomic E-state index is 0.0724. The Hall–Kier alpha value is -0.860. The van der Waals surface area contributed by atoms with Gasteiger partial charge < -0.3 is 0 Å². The summed E-state index contributed by atoms with van der Waals surface area (Å²) in [5, 5.41) is 4.15. The quantitative estimate of drug-likeness (QED) is 0.644. The van der Waals surface area contributed by atoms with Crippen LogP contribution in [-0.4, -0.2) is 14.8 Å². The van der Waals surface area contributed by atoms with E-state index >= 15 is 0 Å². The maximum absolute atomic E-state index is 4.15. The smallest absolute Gasteiger partial charge is 0.156 e. The first-order valence-electron chi connectivity index (χ1n) is 3.79. The topological polar surface area (TPSA) is 30.7 Å². The van der Waals surface area contributed by atoms with Crippen molar-refractivity contribution in [1.82, 2.24) is 14.8 Å². The fraction of sp³-hybridized carbons (Fsp3) is 0.625. The van der Waals surface area contributed by atoms with E-state index in [1.54, 1.807) is 6.33 Å². The lowest BCUT2D eigenvalue weighted by Crippen LogP contribution is -2.17. The highest BCUT2D eigenvalue weighted by Gasteiger charge is 2.22. The van der Waals surface area contributed by atoms with E-state index in [2.05, 4.69) is 37.9 Å². The number of nitrogens with zero attached hydrogens (tertiary/aromatic N) is 3. The molecule has 1 aromatic rings. The molecule has 0 N–H and O–H groups in total. The van der Waals surface area contributed by atoms with Crippen LogP contribution in [0.15, 0.2) is 6.33 Å². The second-order valence-corrected chi connectivity index (χ2v) is 3.35. The first kappa shape index (κ1) is 8.24. The summed E-state index contributed by atoms with van der Waals surface area (Å²) in [4.78, 5) is 4.15. The number of rotatable bonds is 2. The van der Waals surface area contributed by atoms with Crippen LogP contribution in [0.25, 0.3) is 0 Å². The Kier molecular flexibility index (Phi) is 1.98. The Morgan fingerprint density at radius 1 is 1.64 bits per heavy atom. The van der Waals surface area contributed by atoms with Crippen LogP contribution in [0, 0.1) is 7.05 Å². The van der Waals surface area contributed by atoms with Crippen LogP contribution >= 0.6 is 0 Å². The summed E-state index contributed by atoms with van der Waals surface area (Å²) in [5.41, 5.74) is 0.0724. The Balaban J connectivity index is 2.92. The lowest BCUT2D eigenvalue weighted by atomic mass is 9.90. The van der Waals surface area contributed by atoms with Crippen molar-refractivity contribution in [2.24, 2.45) is 0 Å². The lowest BCUT2D eigenvalue weighted by molar-refractivity contribution is 0.472. The zero-order valence-electron chi connectivity index (χ0n) is 7.33. The van der Waals surface area contributed by atoms with Crippen LogP contribution in [0.4, 0.5) is 0 Å². The van der Waals surface area contributed by atoms with Crippen molar-refractivity contribution in [3.63, 3.8) is 0 Å². The van der Waals surface area contributed by atoms with E-state index in [1.807, 2.05) is 0 Å². The van der Waals surface area contributed by atoms with Gasteiger partial charge >= 0.3 is 0 Å². The fourth-order valence-corrected chi connectivity index (χ4v) is 0.763. The molecule has 1 aromatic heterocycles. The lowest BCUT2D eigenvalue weighted by Gasteiger charge is -2.17. The summed E-state index contributed by atoms with van der Waals surface area (Å²) in [7, 11) is 3.63. The van der Waals surface area contributed by atoms with Crippen molar-refractivity contribution < 1.29 is 0 Å². The molecule has 0 saturated heterocycles. The van der Waals surface area contributed by atoms with Crippen LogP contribution in [0.2, 0.25) is 0 Å². The summed E-state index contributed by atoms with van der Waals surface area (Å²) < 4.78 is 1.49. The molecule has 3 heteroatoms. The Morgan fingerprint density at radius 2 is 2.27 bits per heavy atom. The van der Waals surface area contributed by atoms with Crippen LogP contribution in [-0.2, 0) is 5.41 Å². The molecule has 0 unspecified atom stereocenters. The molecule has 0 amide bonds. The maximum atomic E-state index is 4.15. The van der Waals surface area contributed by atoms with Crippen LogP contribution in [0.5, 0.6) is 0 Å². The van der Waals surface area contributed by atoms with E-state index in [0.717, 1.165) is 12.2 Å². The minimum Gasteiger partial charge on any atom is -0.251 e. The van der Waals surface area contributed by atoms with Gasteiger partial charge in [0.05, 0.1) is 7.05 Å². The standard InChI is InChI=1S/C8H14N3/c1-5-8(2,3)7-9-6-11(4)10-7/h6H,4-5H2,1-3H3. The average molecular weight is 152 g/mol. The third-order valence-electron chi connectivity index (χ3n) is 2.03. The minimum atomic E-state index is 0.0724. The van der Waals surface area contributed by atoms with Crippen molar-refractivity contribution in [2.75, 3.05) is 0 Å². The van der Waals surface area contributed by atoms with E-state index in [9.17, 15) is 0 Å². The van der Waals surface area contributed by atoms with Gasteiger partial charge in [0.15, 0.2) is 5.82 Å². The monoisotopic (exact) mass is 152 g/mol. The molecule has 1 radical (unpaired) electrons. The van der Waals surface area contributed by atoms with E-state index in [-0.39, 0.29) is 5.41 Å². The van der Waals surface area contributed by atoms with Gasteiger partial charge in [0.2, 0.25) is 0 Å². The molecule has 1 rings (SSSR count). The van der Waals surface area contributed by atoms with Gasteiger partial charge in [-0.15, -0.1) is 0 Å². The van der Waals surface area contributed by atoms with Gasteiger partial charge in [0.1, 0.15) is 6.33 Å². The van der Waals surface area contributed by atoms with Crippen molar-refractivity contribution in [1.29, 1.82) is 0 Å². The molecular weight excluding hydrogens is 138 g/mol. The third kappa shape index (κ3) is 1.59. The summed E-state index contributed by atoms with van der Waals surface area (Å²) in [6, 6.07) is 0. The van der Waals surface area contributed by atoms with Crippen molar-refractivity contribution in [3.05, 3.63) is 19.2 Å². The van der Waals surface area contributed by atoms with Gasteiger partial charge in [0.25, 0.3) is 0 Å². The molecule has 0 saturated carbocycles. The molecular formula is C8H14N3. The van der Waals surface area contributed by atoms with E-state index in [1.165, 1.54) is 4.68 Å². The van der Waals surface area contributed by atoms with Gasteiger partial charge in [-0.25, -0.2) is 4.98 Å². The molecule has 0 spiro atoms. The van der Waals surface area contributed by atoms with Gasteiger partial charge in [-0.05, 0) is 6.42 Å². The molecule has 0 fully saturated rings. The van der Waals surface area contributed by atoms with Gasteiger partial charge in [-0.1, -0.05) is 20.8 Å². The first-order chi connectivity index (χ1) is 5.06. The highest BCUT2D eigenvalue weighted by molar-refractivity contribution is 5.00. The highest BCUT2D eigenvalue weighted by atomic mass is 15.3. The maximum Gasteiger partial charge on any atom is 0.156 e. The van der Waals surface area contributed by atoms with Crippen LogP contribution < -0.4 is 0 Å². The summed E-state index contributed by atoms with van der Waals surface area (Å²) >= 11 is 0. The second kappa shape index (κ2) is 2.64. The van der Waals surface area contributed by atoms with Crippen molar-refractivity contribution in [3.8, 4) is 0 Å². The predicted molar refractivity (Wildman–Crippen MR) is 44.1 cm³/mol. The molecule has 0 aliphatic heterocycles. The Bertz CT molecular complexity index is 237. The normalized spacial score (nSPS) is 12.0. The van der Waals surface area contributed by atoms with Crippen molar-refractivity contribution in [2.45, 2.75) is 32.6 Å². The SMILES string of the molecule is [CH2]n1cnc(C(C)(C)CC)n1. The Labute approximate surface area is 67.4 Å². The van der Waals surface area contributed by atoms with Crippen molar-refractivity contribution >= 4 is 0 Å². The number of aromatic nitrogens is 3. The van der Waals surface area contributed by atoms with E-state index < -0.39 is 0 Å². The predicted octanol–water partition coefficient (Wildman–Crippen LogP) is 1.61. The summed E-state index contributed by atoms with van der Waals surface area (Å²) in [5.74, 6) is 0.870. The van der Waals surface area contributed by atoms with Gasteiger partial charge in [0, 0.05) is 5.41 Å². The number of hydrogen-bond donors (Lipinski definition) is 0. The molecule has 1 heterocycles. The highest BCUT2D eigenvalue weighted by Crippen LogP contribution is 2.22. The zero-order valence-corrected chi connectivity index (χ0v) is 7.33. The largest absolute Gasteiger partial charge is 0.251 e. The second-order valence-electron chi connectivity index (χ2n) is 3.35. The fourth-order valence-electron chi connectivity index (χ4n) is 0.763. The average Bonchev–Trinajstić information content (AvgIpc) is 2.36. The zero-order chi connectivity index (χ0) is 8.48. The molecule has 11 heavy (non-hydrogen) atoms. The Morgan fingerprint density at radius 3 is 2.64 bits per heavy atom. The summed E-state index contributed by atoms with van der Waals surface area (Å²) in [6.45, 7) is 6.38. The first-order valence-corrected chi connectivity index (χ1v) is 3.79. The third-order valence-corrected chi connectivity index (χ3v) is 2.03. The van der Waals surface area contributed by atoms with E-state index in [4.69, 9.17) is 0 Å². The van der Waals surface area contributed by atoms with Gasteiger partial charge in [-0.2, -0.15) is 5.10 Å². The molecule has 0 atom stereocenters. The molecule has 61 valence electrons. The molecule has 0 aliphatic rings. The van der Waals surface area contributed by atoms with E-state index in [0.29, 0.717) is 0 Å². The number of hydrogen-bond acceptors (Lipinski definition) is 2. The molecule has 0 aliphatic carbocycles. The van der Waals surface area contributed by atoms with Crippen LogP contribution in [0.1, 0.15) is 33.0 Å². The molecule has 3 nitrogen and oxygen atoms in total. The molecule has 0 aromatic carbocycles.